The first-order chi connectivity index (χ1) is 7.22. The van der Waals surface area contributed by atoms with E-state index in [4.69, 9.17) is 14.3 Å². The Morgan fingerprint density at radius 3 is 2.27 bits per heavy atom. The maximum Gasteiger partial charge on any atom is 0.161 e. The number of hydrogen-bond acceptors (Lipinski definition) is 4. The van der Waals surface area contributed by atoms with E-state index in [1.807, 2.05) is 12.1 Å². The fourth-order valence-corrected chi connectivity index (χ4v) is 1.64. The molecule has 84 valence electrons. The highest BCUT2D eigenvalue weighted by atomic mass is 79.9. The topological polar surface area (TPSA) is 39.7 Å². The zero-order valence-corrected chi connectivity index (χ0v) is 10.6. The predicted molar refractivity (Wildman–Crippen MR) is 61.1 cm³/mol. The summed E-state index contributed by atoms with van der Waals surface area (Å²) in [5.74, 6) is 1.40. The molecule has 1 aromatic rings. The lowest BCUT2D eigenvalue weighted by molar-refractivity contribution is 0.0865. The SMILES string of the molecule is CONCc1cc(OC)c(OC)cc1Br. The van der Waals surface area contributed by atoms with E-state index in [0.29, 0.717) is 18.0 Å². The highest BCUT2D eigenvalue weighted by molar-refractivity contribution is 9.10. The van der Waals surface area contributed by atoms with Gasteiger partial charge < -0.3 is 14.3 Å². The van der Waals surface area contributed by atoms with Crippen LogP contribution in [0.4, 0.5) is 0 Å². The highest BCUT2D eigenvalue weighted by Gasteiger charge is 2.08. The van der Waals surface area contributed by atoms with Crippen LogP contribution in [-0.2, 0) is 11.4 Å². The van der Waals surface area contributed by atoms with Crippen LogP contribution in [0.2, 0.25) is 0 Å². The zero-order chi connectivity index (χ0) is 11.3. The van der Waals surface area contributed by atoms with Gasteiger partial charge in [-0.25, -0.2) is 0 Å². The van der Waals surface area contributed by atoms with Crippen molar-refractivity contribution in [1.29, 1.82) is 0 Å². The summed E-state index contributed by atoms with van der Waals surface area (Å²) in [5, 5.41) is 0. The number of halogens is 1. The normalized spacial score (nSPS) is 10.1. The van der Waals surface area contributed by atoms with E-state index < -0.39 is 0 Å². The minimum Gasteiger partial charge on any atom is -0.493 e. The lowest BCUT2D eigenvalue weighted by Gasteiger charge is -2.11. The predicted octanol–water partition coefficient (Wildman–Crippen LogP) is 2.12. The molecular formula is C10H14BrNO3. The molecule has 0 heterocycles. The van der Waals surface area contributed by atoms with E-state index in [-0.39, 0.29) is 0 Å². The Kier molecular flexibility index (Phi) is 4.87. The van der Waals surface area contributed by atoms with Crippen LogP contribution in [0.3, 0.4) is 0 Å². The monoisotopic (exact) mass is 275 g/mol. The fraction of sp³-hybridized carbons (Fsp3) is 0.400. The molecule has 0 atom stereocenters. The molecule has 0 unspecified atom stereocenters. The first kappa shape index (κ1) is 12.3. The molecule has 15 heavy (non-hydrogen) atoms. The van der Waals surface area contributed by atoms with E-state index >= 15 is 0 Å². The number of benzene rings is 1. The Hall–Kier alpha value is -0.780. The quantitative estimate of drug-likeness (QED) is 0.836. The van der Waals surface area contributed by atoms with Crippen LogP contribution in [0, 0.1) is 0 Å². The number of hydrogen-bond donors (Lipinski definition) is 1. The summed E-state index contributed by atoms with van der Waals surface area (Å²) >= 11 is 3.45. The van der Waals surface area contributed by atoms with Crippen LogP contribution in [-0.4, -0.2) is 21.3 Å². The van der Waals surface area contributed by atoms with Crippen molar-refractivity contribution in [3.63, 3.8) is 0 Å². The Morgan fingerprint density at radius 2 is 1.73 bits per heavy atom. The number of nitrogens with one attached hydrogen (secondary N) is 1. The summed E-state index contributed by atoms with van der Waals surface area (Å²) in [4.78, 5) is 4.79. The zero-order valence-electron chi connectivity index (χ0n) is 8.96. The number of hydroxylamine groups is 1. The van der Waals surface area contributed by atoms with Gasteiger partial charge in [-0.05, 0) is 17.7 Å². The van der Waals surface area contributed by atoms with E-state index in [0.717, 1.165) is 10.0 Å². The van der Waals surface area contributed by atoms with E-state index in [9.17, 15) is 0 Å². The van der Waals surface area contributed by atoms with Crippen molar-refractivity contribution in [1.82, 2.24) is 5.48 Å². The largest absolute Gasteiger partial charge is 0.493 e. The molecule has 0 radical (unpaired) electrons. The first-order valence-corrected chi connectivity index (χ1v) is 5.18. The molecular weight excluding hydrogens is 262 g/mol. The minimum atomic E-state index is 0.595. The van der Waals surface area contributed by atoms with Gasteiger partial charge in [-0.15, -0.1) is 0 Å². The van der Waals surface area contributed by atoms with Gasteiger partial charge in [0.05, 0.1) is 21.3 Å². The smallest absolute Gasteiger partial charge is 0.161 e. The average Bonchev–Trinajstić information content (AvgIpc) is 2.27. The van der Waals surface area contributed by atoms with Crippen molar-refractivity contribution in [2.75, 3.05) is 21.3 Å². The molecule has 0 bridgehead atoms. The molecule has 4 nitrogen and oxygen atoms in total. The molecule has 1 rings (SSSR count). The van der Waals surface area contributed by atoms with E-state index in [2.05, 4.69) is 21.4 Å². The van der Waals surface area contributed by atoms with Crippen LogP contribution >= 0.6 is 15.9 Å². The number of rotatable bonds is 5. The lowest BCUT2D eigenvalue weighted by atomic mass is 10.2. The van der Waals surface area contributed by atoms with Crippen molar-refractivity contribution in [2.24, 2.45) is 0 Å². The minimum absolute atomic E-state index is 0.595. The number of methoxy groups -OCH3 is 2. The van der Waals surface area contributed by atoms with Gasteiger partial charge in [-0.3, -0.25) is 0 Å². The fourth-order valence-electron chi connectivity index (χ4n) is 1.18. The molecule has 0 saturated heterocycles. The molecule has 0 aliphatic rings. The van der Waals surface area contributed by atoms with E-state index in [1.54, 1.807) is 21.3 Å². The second-order valence-electron chi connectivity index (χ2n) is 2.82. The summed E-state index contributed by atoms with van der Waals surface area (Å²) in [6.45, 7) is 0.595. The molecule has 0 fully saturated rings. The maximum atomic E-state index is 5.20. The van der Waals surface area contributed by atoms with Crippen LogP contribution in [0.25, 0.3) is 0 Å². The molecule has 0 saturated carbocycles. The molecule has 1 N–H and O–H groups in total. The number of ether oxygens (including phenoxy) is 2. The van der Waals surface area contributed by atoms with Crippen LogP contribution in [0.5, 0.6) is 11.5 Å². The van der Waals surface area contributed by atoms with Crippen molar-refractivity contribution < 1.29 is 14.3 Å². The maximum absolute atomic E-state index is 5.20. The molecule has 0 aromatic heterocycles. The van der Waals surface area contributed by atoms with Crippen molar-refractivity contribution >= 4 is 15.9 Å². The molecule has 5 heteroatoms. The standard InChI is InChI=1S/C10H14BrNO3/c1-13-9-4-7(6-12-15-3)8(11)5-10(9)14-2/h4-5,12H,6H2,1-3H3. The molecule has 0 spiro atoms. The van der Waals surface area contributed by atoms with Gasteiger partial charge in [0, 0.05) is 11.0 Å². The van der Waals surface area contributed by atoms with Crippen molar-refractivity contribution in [3.8, 4) is 11.5 Å². The van der Waals surface area contributed by atoms with Crippen molar-refractivity contribution in [2.45, 2.75) is 6.54 Å². The Balaban J connectivity index is 2.97. The average molecular weight is 276 g/mol. The summed E-state index contributed by atoms with van der Waals surface area (Å²) in [7, 11) is 4.80. The first-order valence-electron chi connectivity index (χ1n) is 4.39. The molecule has 0 aliphatic carbocycles. The van der Waals surface area contributed by atoms with Crippen LogP contribution in [0.15, 0.2) is 16.6 Å². The van der Waals surface area contributed by atoms with Gasteiger partial charge in [0.2, 0.25) is 0 Å². The van der Waals surface area contributed by atoms with E-state index in [1.165, 1.54) is 0 Å². The van der Waals surface area contributed by atoms with Gasteiger partial charge >= 0.3 is 0 Å². The van der Waals surface area contributed by atoms with Gasteiger partial charge in [0.25, 0.3) is 0 Å². The van der Waals surface area contributed by atoms with Crippen molar-refractivity contribution in [3.05, 3.63) is 22.2 Å². The molecule has 1 aromatic carbocycles. The second-order valence-corrected chi connectivity index (χ2v) is 3.68. The van der Waals surface area contributed by atoms with Gasteiger partial charge in [-0.2, -0.15) is 5.48 Å². The van der Waals surface area contributed by atoms with Gasteiger partial charge in [0.15, 0.2) is 11.5 Å². The Bertz CT molecular complexity index is 331. The van der Waals surface area contributed by atoms with Crippen LogP contribution in [0.1, 0.15) is 5.56 Å². The van der Waals surface area contributed by atoms with Crippen LogP contribution < -0.4 is 15.0 Å². The third kappa shape index (κ3) is 3.09. The Labute approximate surface area is 97.6 Å². The molecule has 0 amide bonds. The summed E-state index contributed by atoms with van der Waals surface area (Å²) in [6, 6.07) is 3.76. The van der Waals surface area contributed by atoms with Gasteiger partial charge in [-0.1, -0.05) is 15.9 Å². The highest BCUT2D eigenvalue weighted by Crippen LogP contribution is 2.33. The third-order valence-corrected chi connectivity index (χ3v) is 2.70. The summed E-state index contributed by atoms with van der Waals surface area (Å²) in [5.41, 5.74) is 3.80. The summed E-state index contributed by atoms with van der Waals surface area (Å²) in [6.07, 6.45) is 0. The summed E-state index contributed by atoms with van der Waals surface area (Å²) < 4.78 is 11.3. The van der Waals surface area contributed by atoms with Gasteiger partial charge in [0.1, 0.15) is 0 Å². The lowest BCUT2D eigenvalue weighted by Crippen LogP contribution is -2.11. The second kappa shape index (κ2) is 5.95. The Morgan fingerprint density at radius 1 is 1.13 bits per heavy atom. The third-order valence-electron chi connectivity index (χ3n) is 1.96. The molecule has 0 aliphatic heterocycles.